The Morgan fingerprint density at radius 2 is 1.89 bits per heavy atom. The Kier molecular flexibility index (Phi) is 4.95. The summed E-state index contributed by atoms with van der Waals surface area (Å²) in [6, 6.07) is 8.46. The minimum atomic E-state index is -0.880. The average Bonchev–Trinajstić information content (AvgIpc) is 2.90. The van der Waals surface area contributed by atoms with E-state index < -0.39 is 10.8 Å². The number of nitrogens with one attached hydrogen (secondary N) is 1. The molecule has 0 spiro atoms. The van der Waals surface area contributed by atoms with Crippen molar-refractivity contribution in [3.8, 4) is 0 Å². The molecule has 0 heterocycles. The lowest BCUT2D eigenvalue weighted by atomic mass is 10.0. The van der Waals surface area contributed by atoms with E-state index in [9.17, 15) is 4.21 Å². The van der Waals surface area contributed by atoms with Crippen LogP contribution >= 0.6 is 0 Å². The van der Waals surface area contributed by atoms with Gasteiger partial charge in [0.25, 0.3) is 0 Å². The van der Waals surface area contributed by atoms with Gasteiger partial charge in [-0.1, -0.05) is 30.5 Å². The zero-order chi connectivity index (χ0) is 13.0. The van der Waals surface area contributed by atoms with Gasteiger partial charge in [-0.25, -0.2) is 0 Å². The van der Waals surface area contributed by atoms with Crippen molar-refractivity contribution in [3.05, 3.63) is 29.8 Å². The molecule has 2 atom stereocenters. The number of benzene rings is 1. The van der Waals surface area contributed by atoms with Crippen LogP contribution < -0.4 is 5.32 Å². The van der Waals surface area contributed by atoms with E-state index in [1.165, 1.54) is 31.2 Å². The predicted octanol–water partition coefficient (Wildman–Crippen LogP) is 2.88. The largest absolute Gasteiger partial charge is 0.316 e. The van der Waals surface area contributed by atoms with Crippen LogP contribution in [0.3, 0.4) is 0 Å². The monoisotopic (exact) mass is 265 g/mol. The van der Waals surface area contributed by atoms with Crippen molar-refractivity contribution in [3.63, 3.8) is 0 Å². The quantitative estimate of drug-likeness (QED) is 0.887. The van der Waals surface area contributed by atoms with Crippen LogP contribution in [-0.4, -0.2) is 23.1 Å². The molecule has 0 saturated heterocycles. The SMILES string of the molecule is CNC(CS(=O)c1ccc(C)cc1)C1CCCC1. The van der Waals surface area contributed by atoms with E-state index in [1.54, 1.807) is 0 Å². The highest BCUT2D eigenvalue weighted by Gasteiger charge is 2.25. The van der Waals surface area contributed by atoms with Crippen molar-refractivity contribution in [2.24, 2.45) is 5.92 Å². The predicted molar refractivity (Wildman–Crippen MR) is 77.3 cm³/mol. The summed E-state index contributed by atoms with van der Waals surface area (Å²) in [5, 5.41) is 3.36. The maximum absolute atomic E-state index is 12.4. The minimum Gasteiger partial charge on any atom is -0.316 e. The molecule has 0 radical (unpaired) electrons. The van der Waals surface area contributed by atoms with Gasteiger partial charge in [0.2, 0.25) is 0 Å². The third-order valence-corrected chi connectivity index (χ3v) is 5.41. The summed E-state index contributed by atoms with van der Waals surface area (Å²) in [4.78, 5) is 0.957. The van der Waals surface area contributed by atoms with E-state index >= 15 is 0 Å². The first-order valence-electron chi connectivity index (χ1n) is 6.83. The normalized spacial score (nSPS) is 19.9. The smallest absolute Gasteiger partial charge is 0.0545 e. The highest BCUT2D eigenvalue weighted by atomic mass is 32.2. The fourth-order valence-corrected chi connectivity index (χ4v) is 4.16. The first-order valence-corrected chi connectivity index (χ1v) is 8.15. The molecule has 18 heavy (non-hydrogen) atoms. The lowest BCUT2D eigenvalue weighted by Crippen LogP contribution is -2.37. The van der Waals surface area contributed by atoms with E-state index in [4.69, 9.17) is 0 Å². The van der Waals surface area contributed by atoms with Crippen LogP contribution in [0.5, 0.6) is 0 Å². The number of hydrogen-bond acceptors (Lipinski definition) is 2. The van der Waals surface area contributed by atoms with Crippen LogP contribution in [0.4, 0.5) is 0 Å². The topological polar surface area (TPSA) is 29.1 Å². The van der Waals surface area contributed by atoms with E-state index in [0.717, 1.165) is 10.6 Å². The zero-order valence-electron chi connectivity index (χ0n) is 11.3. The van der Waals surface area contributed by atoms with Gasteiger partial charge in [-0.3, -0.25) is 4.21 Å². The Hall–Kier alpha value is -0.670. The summed E-state index contributed by atoms with van der Waals surface area (Å²) in [6.07, 6.45) is 5.24. The number of aryl methyl sites for hydroxylation is 1. The highest BCUT2D eigenvalue weighted by molar-refractivity contribution is 7.85. The van der Waals surface area contributed by atoms with Gasteiger partial charge in [0, 0.05) is 16.7 Å². The van der Waals surface area contributed by atoms with Crippen LogP contribution in [0.15, 0.2) is 29.2 Å². The van der Waals surface area contributed by atoms with Gasteiger partial charge in [0.15, 0.2) is 0 Å². The van der Waals surface area contributed by atoms with Crippen molar-refractivity contribution >= 4 is 10.8 Å². The lowest BCUT2D eigenvalue weighted by Gasteiger charge is -2.22. The summed E-state index contributed by atoms with van der Waals surface area (Å²) >= 11 is 0. The van der Waals surface area contributed by atoms with Gasteiger partial charge < -0.3 is 5.32 Å². The van der Waals surface area contributed by atoms with Crippen LogP contribution in [-0.2, 0) is 10.8 Å². The molecule has 0 bridgehead atoms. The molecule has 1 aromatic carbocycles. The Bertz CT molecular complexity index is 395. The highest BCUT2D eigenvalue weighted by Crippen LogP contribution is 2.28. The Labute approximate surface area is 113 Å². The van der Waals surface area contributed by atoms with E-state index in [0.29, 0.717) is 12.0 Å². The fourth-order valence-electron chi connectivity index (χ4n) is 2.76. The van der Waals surface area contributed by atoms with Gasteiger partial charge in [-0.2, -0.15) is 0 Å². The molecule has 0 aromatic heterocycles. The van der Waals surface area contributed by atoms with Gasteiger partial charge in [0.1, 0.15) is 0 Å². The molecule has 1 aliphatic carbocycles. The third-order valence-electron chi connectivity index (χ3n) is 3.95. The van der Waals surface area contributed by atoms with Gasteiger partial charge in [0.05, 0.1) is 10.8 Å². The summed E-state index contributed by atoms with van der Waals surface area (Å²) < 4.78 is 12.4. The molecule has 1 saturated carbocycles. The van der Waals surface area contributed by atoms with Gasteiger partial charge in [-0.05, 0) is 44.9 Å². The maximum atomic E-state index is 12.4. The molecule has 2 rings (SSSR count). The van der Waals surface area contributed by atoms with E-state index in [2.05, 4.69) is 12.2 Å². The van der Waals surface area contributed by atoms with Crippen molar-refractivity contribution in [1.82, 2.24) is 5.32 Å². The first-order chi connectivity index (χ1) is 8.70. The fraction of sp³-hybridized carbons (Fsp3) is 0.600. The molecule has 1 aliphatic rings. The molecule has 2 nitrogen and oxygen atoms in total. The molecule has 2 unspecified atom stereocenters. The summed E-state index contributed by atoms with van der Waals surface area (Å²) in [5.41, 5.74) is 1.22. The number of hydrogen-bond donors (Lipinski definition) is 1. The van der Waals surface area contributed by atoms with E-state index in [-0.39, 0.29) is 0 Å². The zero-order valence-corrected chi connectivity index (χ0v) is 12.1. The van der Waals surface area contributed by atoms with Gasteiger partial charge in [-0.15, -0.1) is 0 Å². The second kappa shape index (κ2) is 6.48. The molecular formula is C15H23NOS. The van der Waals surface area contributed by atoms with Crippen molar-refractivity contribution in [2.45, 2.75) is 43.5 Å². The molecule has 0 amide bonds. The Morgan fingerprint density at radius 1 is 1.28 bits per heavy atom. The van der Waals surface area contributed by atoms with Crippen molar-refractivity contribution < 1.29 is 4.21 Å². The lowest BCUT2D eigenvalue weighted by molar-refractivity contribution is 0.408. The molecular weight excluding hydrogens is 242 g/mol. The van der Waals surface area contributed by atoms with Crippen LogP contribution in [0.1, 0.15) is 31.2 Å². The first kappa shape index (κ1) is 13.8. The van der Waals surface area contributed by atoms with Crippen LogP contribution in [0.2, 0.25) is 0 Å². The molecule has 1 fully saturated rings. The van der Waals surface area contributed by atoms with E-state index in [1.807, 2.05) is 31.3 Å². The molecule has 1 N–H and O–H groups in total. The van der Waals surface area contributed by atoms with Crippen molar-refractivity contribution in [2.75, 3.05) is 12.8 Å². The molecule has 1 aromatic rings. The standard InChI is InChI=1S/C15H23NOS/c1-12-7-9-14(10-8-12)18(17)11-15(16-2)13-5-3-4-6-13/h7-10,13,15-16H,3-6,11H2,1-2H3. The second-order valence-corrected chi connectivity index (χ2v) is 6.76. The summed E-state index contributed by atoms with van der Waals surface area (Å²) in [5.74, 6) is 1.45. The van der Waals surface area contributed by atoms with Crippen molar-refractivity contribution in [1.29, 1.82) is 0 Å². The van der Waals surface area contributed by atoms with Crippen LogP contribution in [0, 0.1) is 12.8 Å². The average molecular weight is 265 g/mol. The maximum Gasteiger partial charge on any atom is 0.0545 e. The molecule has 100 valence electrons. The van der Waals surface area contributed by atoms with Crippen LogP contribution in [0.25, 0.3) is 0 Å². The molecule has 0 aliphatic heterocycles. The summed E-state index contributed by atoms with van der Waals surface area (Å²) in [7, 11) is 1.12. The number of rotatable bonds is 5. The third kappa shape index (κ3) is 3.42. The second-order valence-electron chi connectivity index (χ2n) is 5.26. The Balaban J connectivity index is 1.98. The Morgan fingerprint density at radius 3 is 2.44 bits per heavy atom. The summed E-state index contributed by atoms with van der Waals surface area (Å²) in [6.45, 7) is 2.06. The van der Waals surface area contributed by atoms with Gasteiger partial charge >= 0.3 is 0 Å². The molecule has 3 heteroatoms. The minimum absolute atomic E-state index is 0.398.